The summed E-state index contributed by atoms with van der Waals surface area (Å²) >= 11 is 0. The van der Waals surface area contributed by atoms with Crippen LogP contribution in [0.3, 0.4) is 0 Å². The van der Waals surface area contributed by atoms with Crippen LogP contribution in [-0.4, -0.2) is 26.2 Å². The van der Waals surface area contributed by atoms with E-state index in [0.29, 0.717) is 0 Å². The third-order valence-electron chi connectivity index (χ3n) is 2.89. The molecule has 0 aliphatic carbocycles. The van der Waals surface area contributed by atoms with Crippen molar-refractivity contribution in [1.29, 1.82) is 0 Å². The minimum Gasteiger partial charge on any atom is -0.441 e. The molecular formula is C12H13FN2O. The minimum absolute atomic E-state index is 0.222. The van der Waals surface area contributed by atoms with E-state index in [1.807, 2.05) is 6.07 Å². The summed E-state index contributed by atoms with van der Waals surface area (Å²) in [6.07, 6.45) is 0. The van der Waals surface area contributed by atoms with Crippen LogP contribution in [0.15, 0.2) is 28.7 Å². The maximum absolute atomic E-state index is 13.0. The highest BCUT2D eigenvalue weighted by atomic mass is 19.1. The molecule has 0 spiro atoms. The van der Waals surface area contributed by atoms with Gasteiger partial charge >= 0.3 is 0 Å². The smallest absolute Gasteiger partial charge is 0.196 e. The molecule has 1 aliphatic rings. The molecule has 0 saturated carbocycles. The van der Waals surface area contributed by atoms with E-state index in [-0.39, 0.29) is 5.82 Å². The summed E-state index contributed by atoms with van der Waals surface area (Å²) in [5.74, 6) is 0.613. The van der Waals surface area contributed by atoms with Crippen molar-refractivity contribution in [1.82, 2.24) is 5.32 Å². The third-order valence-corrected chi connectivity index (χ3v) is 2.89. The van der Waals surface area contributed by atoms with Crippen LogP contribution >= 0.6 is 0 Å². The number of anilines is 1. The Morgan fingerprint density at radius 2 is 2.00 bits per heavy atom. The number of halogens is 1. The van der Waals surface area contributed by atoms with E-state index in [9.17, 15) is 4.39 Å². The SMILES string of the molecule is Fc1ccc2oc(N3CCNCC3)cc2c1. The molecule has 2 aromatic rings. The quantitative estimate of drug-likeness (QED) is 0.796. The summed E-state index contributed by atoms with van der Waals surface area (Å²) in [6.45, 7) is 3.79. The van der Waals surface area contributed by atoms with Crippen molar-refractivity contribution in [2.24, 2.45) is 0 Å². The molecule has 1 fully saturated rings. The van der Waals surface area contributed by atoms with Crippen LogP contribution in [0.2, 0.25) is 0 Å². The first kappa shape index (κ1) is 9.66. The van der Waals surface area contributed by atoms with E-state index in [0.717, 1.165) is 43.0 Å². The van der Waals surface area contributed by atoms with Gasteiger partial charge in [-0.2, -0.15) is 0 Å². The van der Waals surface area contributed by atoms with E-state index in [4.69, 9.17) is 4.42 Å². The molecule has 1 N–H and O–H groups in total. The lowest BCUT2D eigenvalue weighted by Gasteiger charge is -2.26. The van der Waals surface area contributed by atoms with Gasteiger partial charge in [0.2, 0.25) is 0 Å². The van der Waals surface area contributed by atoms with Crippen molar-refractivity contribution in [2.75, 3.05) is 31.1 Å². The second-order valence-corrected chi connectivity index (χ2v) is 4.00. The Labute approximate surface area is 92.8 Å². The van der Waals surface area contributed by atoms with Gasteiger partial charge in [0.05, 0.1) is 0 Å². The minimum atomic E-state index is -0.222. The van der Waals surface area contributed by atoms with Gasteiger partial charge in [-0.3, -0.25) is 0 Å². The topological polar surface area (TPSA) is 28.4 Å². The van der Waals surface area contributed by atoms with Crippen molar-refractivity contribution in [3.63, 3.8) is 0 Å². The van der Waals surface area contributed by atoms with Crippen LogP contribution in [-0.2, 0) is 0 Å². The van der Waals surface area contributed by atoms with Crippen LogP contribution < -0.4 is 10.2 Å². The predicted octanol–water partition coefficient (Wildman–Crippen LogP) is 1.98. The van der Waals surface area contributed by atoms with Crippen molar-refractivity contribution in [3.05, 3.63) is 30.1 Å². The number of furan rings is 1. The average molecular weight is 220 g/mol. The van der Waals surface area contributed by atoms with Crippen LogP contribution in [0.5, 0.6) is 0 Å². The number of piperazine rings is 1. The number of hydrogen-bond acceptors (Lipinski definition) is 3. The van der Waals surface area contributed by atoms with Crippen LogP contribution in [0.1, 0.15) is 0 Å². The molecule has 1 aromatic heterocycles. The Balaban J connectivity index is 1.97. The average Bonchev–Trinajstić information content (AvgIpc) is 2.73. The lowest BCUT2D eigenvalue weighted by atomic mass is 10.2. The zero-order valence-corrected chi connectivity index (χ0v) is 8.87. The molecule has 84 valence electrons. The fourth-order valence-electron chi connectivity index (χ4n) is 2.04. The summed E-state index contributed by atoms with van der Waals surface area (Å²) in [6, 6.07) is 6.51. The van der Waals surface area contributed by atoms with Gasteiger partial charge in [0.1, 0.15) is 11.4 Å². The van der Waals surface area contributed by atoms with Gasteiger partial charge in [0, 0.05) is 37.6 Å². The number of hydrogen-bond donors (Lipinski definition) is 1. The van der Waals surface area contributed by atoms with Crippen molar-refractivity contribution < 1.29 is 8.81 Å². The highest BCUT2D eigenvalue weighted by Gasteiger charge is 2.14. The number of nitrogens with zero attached hydrogens (tertiary/aromatic N) is 1. The van der Waals surface area contributed by atoms with E-state index in [1.165, 1.54) is 12.1 Å². The molecule has 0 amide bonds. The molecule has 1 aromatic carbocycles. The zero-order valence-electron chi connectivity index (χ0n) is 8.87. The zero-order chi connectivity index (χ0) is 11.0. The first-order valence-electron chi connectivity index (χ1n) is 5.48. The lowest BCUT2D eigenvalue weighted by Crippen LogP contribution is -2.43. The highest BCUT2D eigenvalue weighted by Crippen LogP contribution is 2.26. The predicted molar refractivity (Wildman–Crippen MR) is 61.3 cm³/mol. The van der Waals surface area contributed by atoms with Crippen LogP contribution in [0.25, 0.3) is 11.0 Å². The Kier molecular flexibility index (Phi) is 2.29. The standard InChI is InChI=1S/C12H13FN2O/c13-10-1-2-11-9(7-10)8-12(16-11)15-5-3-14-4-6-15/h1-2,7-8,14H,3-6H2. The van der Waals surface area contributed by atoms with Crippen molar-refractivity contribution >= 4 is 16.9 Å². The number of nitrogens with one attached hydrogen (secondary N) is 1. The Morgan fingerprint density at radius 1 is 1.19 bits per heavy atom. The maximum Gasteiger partial charge on any atom is 0.196 e. The van der Waals surface area contributed by atoms with Crippen molar-refractivity contribution in [3.8, 4) is 0 Å². The first-order valence-corrected chi connectivity index (χ1v) is 5.48. The molecule has 1 aliphatic heterocycles. The molecule has 0 unspecified atom stereocenters. The molecule has 3 nitrogen and oxygen atoms in total. The van der Waals surface area contributed by atoms with Crippen LogP contribution in [0.4, 0.5) is 10.3 Å². The summed E-state index contributed by atoms with van der Waals surface area (Å²) in [5, 5.41) is 4.11. The van der Waals surface area contributed by atoms with E-state index >= 15 is 0 Å². The first-order chi connectivity index (χ1) is 7.83. The molecule has 2 heterocycles. The Hall–Kier alpha value is -1.55. The van der Waals surface area contributed by atoms with Gasteiger partial charge in [-0.1, -0.05) is 0 Å². The molecular weight excluding hydrogens is 207 g/mol. The molecule has 0 atom stereocenters. The monoisotopic (exact) mass is 220 g/mol. The summed E-state index contributed by atoms with van der Waals surface area (Å²) in [4.78, 5) is 2.18. The van der Waals surface area contributed by atoms with E-state index in [2.05, 4.69) is 10.2 Å². The Morgan fingerprint density at radius 3 is 2.81 bits per heavy atom. The number of benzene rings is 1. The summed E-state index contributed by atoms with van der Waals surface area (Å²) in [5.41, 5.74) is 0.745. The van der Waals surface area contributed by atoms with Gasteiger partial charge in [-0.15, -0.1) is 0 Å². The van der Waals surface area contributed by atoms with Gasteiger partial charge in [0.25, 0.3) is 0 Å². The number of fused-ring (bicyclic) bond motifs is 1. The third kappa shape index (κ3) is 1.65. The second-order valence-electron chi connectivity index (χ2n) is 4.00. The number of rotatable bonds is 1. The van der Waals surface area contributed by atoms with E-state index in [1.54, 1.807) is 6.07 Å². The van der Waals surface area contributed by atoms with Gasteiger partial charge in [-0.05, 0) is 18.2 Å². The second kappa shape index (κ2) is 3.79. The summed E-state index contributed by atoms with van der Waals surface area (Å²) < 4.78 is 18.7. The molecule has 3 rings (SSSR count). The highest BCUT2D eigenvalue weighted by molar-refractivity contribution is 5.81. The lowest BCUT2D eigenvalue weighted by molar-refractivity contribution is 0.527. The molecule has 16 heavy (non-hydrogen) atoms. The molecule has 0 bridgehead atoms. The maximum atomic E-state index is 13.0. The summed E-state index contributed by atoms with van der Waals surface area (Å²) in [7, 11) is 0. The molecule has 4 heteroatoms. The Bertz CT molecular complexity index is 503. The molecule has 1 saturated heterocycles. The largest absolute Gasteiger partial charge is 0.441 e. The fraction of sp³-hybridized carbons (Fsp3) is 0.333. The van der Waals surface area contributed by atoms with Gasteiger partial charge in [-0.25, -0.2) is 4.39 Å². The molecule has 0 radical (unpaired) electrons. The normalized spacial score (nSPS) is 16.9. The van der Waals surface area contributed by atoms with Crippen molar-refractivity contribution in [2.45, 2.75) is 0 Å². The fourth-order valence-corrected chi connectivity index (χ4v) is 2.04. The van der Waals surface area contributed by atoms with Crippen LogP contribution in [0, 0.1) is 5.82 Å². The van der Waals surface area contributed by atoms with E-state index < -0.39 is 0 Å². The van der Waals surface area contributed by atoms with Gasteiger partial charge < -0.3 is 14.6 Å². The van der Waals surface area contributed by atoms with Gasteiger partial charge in [0.15, 0.2) is 5.88 Å².